The summed E-state index contributed by atoms with van der Waals surface area (Å²) in [7, 11) is 0. The van der Waals surface area contributed by atoms with E-state index in [1.54, 1.807) is 0 Å². The first-order valence-electron chi connectivity index (χ1n) is 6.38. The van der Waals surface area contributed by atoms with Crippen molar-refractivity contribution in [1.82, 2.24) is 5.32 Å². The topological polar surface area (TPSA) is 154 Å². The summed E-state index contributed by atoms with van der Waals surface area (Å²) in [5, 5.41) is 29.4. The molecule has 0 bridgehead atoms. The van der Waals surface area contributed by atoms with Crippen molar-refractivity contribution < 1.29 is 42.8 Å². The highest BCUT2D eigenvalue weighted by molar-refractivity contribution is 5.93. The second-order valence-corrected chi connectivity index (χ2v) is 4.74. The smallest absolute Gasteiger partial charge is 0.394 e. The van der Waals surface area contributed by atoms with Gasteiger partial charge in [-0.05, 0) is 0 Å². The number of nitrogens with zero attached hydrogens (tertiary/aromatic N) is 1. The summed E-state index contributed by atoms with van der Waals surface area (Å²) >= 11 is 0. The van der Waals surface area contributed by atoms with E-state index in [2.05, 4.69) is 4.99 Å². The molecule has 6 N–H and O–H groups in total. The Morgan fingerprint density at radius 3 is 2.39 bits per heavy atom. The highest BCUT2D eigenvalue weighted by atomic mass is 19.4. The van der Waals surface area contributed by atoms with Gasteiger partial charge in [-0.25, -0.2) is 0 Å². The van der Waals surface area contributed by atoms with Gasteiger partial charge in [0.1, 0.15) is 18.3 Å². The molecule has 0 aromatic rings. The molecule has 0 aromatic carbocycles. The van der Waals surface area contributed by atoms with E-state index in [-0.39, 0.29) is 0 Å². The summed E-state index contributed by atoms with van der Waals surface area (Å²) in [4.78, 5) is 25.4. The fourth-order valence-electron chi connectivity index (χ4n) is 1.72. The molecule has 0 radical (unpaired) electrons. The first-order chi connectivity index (χ1) is 10.6. The van der Waals surface area contributed by atoms with E-state index in [1.807, 2.05) is 0 Å². The fourth-order valence-corrected chi connectivity index (χ4v) is 1.72. The van der Waals surface area contributed by atoms with Crippen LogP contribution in [0, 0.1) is 5.92 Å². The molecule has 1 fully saturated rings. The van der Waals surface area contributed by atoms with E-state index in [9.17, 15) is 33.0 Å². The van der Waals surface area contributed by atoms with Gasteiger partial charge in [0.25, 0.3) is 0 Å². The Kier molecular flexibility index (Phi) is 6.44. The number of ether oxygens (including phenoxy) is 1. The Morgan fingerprint density at radius 1 is 1.35 bits per heavy atom. The summed E-state index contributed by atoms with van der Waals surface area (Å²) in [6.07, 6.45) is -9.64. The molecule has 1 saturated heterocycles. The molecule has 1 heterocycles. The van der Waals surface area contributed by atoms with Crippen molar-refractivity contribution in [2.24, 2.45) is 16.6 Å². The molecule has 2 amide bonds. The quantitative estimate of drug-likeness (QED) is 0.330. The zero-order valence-electron chi connectivity index (χ0n) is 11.6. The van der Waals surface area contributed by atoms with Crippen molar-refractivity contribution in [3.05, 3.63) is 0 Å². The molecular weight excluding hydrogens is 327 g/mol. The Hall–Kier alpha value is -1.76. The molecule has 5 atom stereocenters. The molecular formula is C11H16F3N3O6. The highest BCUT2D eigenvalue weighted by Gasteiger charge is 2.42. The van der Waals surface area contributed by atoms with Crippen LogP contribution in [0.25, 0.3) is 0 Å². The summed E-state index contributed by atoms with van der Waals surface area (Å²) in [6.45, 7) is -1.35. The van der Waals surface area contributed by atoms with Crippen molar-refractivity contribution in [2.45, 2.75) is 30.7 Å². The molecule has 0 saturated carbocycles. The molecule has 9 nitrogen and oxygen atoms in total. The van der Waals surface area contributed by atoms with Gasteiger partial charge in [0.05, 0.1) is 12.5 Å². The van der Waals surface area contributed by atoms with Gasteiger partial charge in [0, 0.05) is 12.8 Å². The molecule has 1 aliphatic heterocycles. The first kappa shape index (κ1) is 19.3. The zero-order chi connectivity index (χ0) is 17.8. The van der Waals surface area contributed by atoms with Gasteiger partial charge in [0.2, 0.25) is 5.91 Å². The van der Waals surface area contributed by atoms with Crippen LogP contribution in [-0.2, 0) is 14.3 Å². The molecule has 5 unspecified atom stereocenters. The normalized spacial score (nSPS) is 29.7. The number of aliphatic hydroxyl groups is 3. The van der Waals surface area contributed by atoms with E-state index in [0.29, 0.717) is 0 Å². The van der Waals surface area contributed by atoms with Gasteiger partial charge in [0.15, 0.2) is 6.23 Å². The Balaban J connectivity index is 2.66. The van der Waals surface area contributed by atoms with Crippen molar-refractivity contribution in [3.63, 3.8) is 0 Å². The van der Waals surface area contributed by atoms with Gasteiger partial charge in [-0.1, -0.05) is 0 Å². The van der Waals surface area contributed by atoms with E-state index in [4.69, 9.17) is 15.6 Å². The largest absolute Gasteiger partial charge is 0.471 e. The van der Waals surface area contributed by atoms with E-state index >= 15 is 0 Å². The van der Waals surface area contributed by atoms with Crippen molar-refractivity contribution in [1.29, 1.82) is 0 Å². The van der Waals surface area contributed by atoms with Crippen LogP contribution in [0.1, 0.15) is 0 Å². The second kappa shape index (κ2) is 7.68. The predicted molar refractivity (Wildman–Crippen MR) is 68.0 cm³/mol. The van der Waals surface area contributed by atoms with Gasteiger partial charge < -0.3 is 31.1 Å². The minimum absolute atomic E-state index is 0.592. The van der Waals surface area contributed by atoms with Crippen LogP contribution in [0.4, 0.5) is 13.2 Å². The molecule has 0 spiro atoms. The number of hydrogen-bond donors (Lipinski definition) is 5. The lowest BCUT2D eigenvalue weighted by Crippen LogP contribution is -2.43. The molecule has 12 heteroatoms. The van der Waals surface area contributed by atoms with Crippen molar-refractivity contribution in [3.8, 4) is 0 Å². The first-order valence-corrected chi connectivity index (χ1v) is 6.38. The molecule has 1 aliphatic rings. The van der Waals surface area contributed by atoms with Crippen LogP contribution in [0.3, 0.4) is 0 Å². The number of nitrogens with two attached hydrogens (primary N) is 1. The van der Waals surface area contributed by atoms with Gasteiger partial charge >= 0.3 is 12.1 Å². The minimum Gasteiger partial charge on any atom is -0.394 e. The number of alkyl halides is 3. The SMILES string of the molecule is NC(=O)C(C=NC1OC(CO)C(O)C1O)CNC(=O)C(F)(F)F. The third kappa shape index (κ3) is 5.13. The van der Waals surface area contributed by atoms with Gasteiger partial charge in [-0.2, -0.15) is 13.2 Å². The molecule has 132 valence electrons. The third-order valence-corrected chi connectivity index (χ3v) is 3.04. The maximum absolute atomic E-state index is 12.0. The molecule has 23 heavy (non-hydrogen) atoms. The van der Waals surface area contributed by atoms with Gasteiger partial charge in [-0.3, -0.25) is 14.6 Å². The van der Waals surface area contributed by atoms with Crippen molar-refractivity contribution >= 4 is 18.0 Å². The van der Waals surface area contributed by atoms with Crippen molar-refractivity contribution in [2.75, 3.05) is 13.2 Å². The lowest BCUT2D eigenvalue weighted by molar-refractivity contribution is -0.173. The average molecular weight is 343 g/mol. The maximum atomic E-state index is 12.0. The van der Waals surface area contributed by atoms with E-state index in [0.717, 1.165) is 6.21 Å². The summed E-state index contributed by atoms with van der Waals surface area (Å²) in [5.74, 6) is -4.70. The number of aliphatic hydroxyl groups excluding tert-OH is 3. The highest BCUT2D eigenvalue weighted by Crippen LogP contribution is 2.21. The number of carbonyl (C=O) groups excluding carboxylic acids is 2. The predicted octanol–water partition coefficient (Wildman–Crippen LogP) is -2.72. The summed E-state index contributed by atoms with van der Waals surface area (Å²) < 4.78 is 41.1. The Morgan fingerprint density at radius 2 is 1.96 bits per heavy atom. The third-order valence-electron chi connectivity index (χ3n) is 3.04. The van der Waals surface area contributed by atoms with Crippen LogP contribution >= 0.6 is 0 Å². The minimum atomic E-state index is -5.11. The van der Waals surface area contributed by atoms with Crippen LogP contribution < -0.4 is 11.1 Å². The van der Waals surface area contributed by atoms with E-state index < -0.39 is 61.6 Å². The number of amides is 2. The van der Waals surface area contributed by atoms with Gasteiger partial charge in [-0.15, -0.1) is 0 Å². The summed E-state index contributed by atoms with van der Waals surface area (Å²) in [5.41, 5.74) is 4.98. The van der Waals surface area contributed by atoms with Crippen LogP contribution in [-0.4, -0.2) is 77.2 Å². The number of nitrogens with one attached hydrogen (secondary N) is 1. The zero-order valence-corrected chi connectivity index (χ0v) is 11.6. The number of rotatable bonds is 6. The fraction of sp³-hybridized carbons (Fsp3) is 0.727. The van der Waals surface area contributed by atoms with Crippen LogP contribution in [0.5, 0.6) is 0 Å². The van der Waals surface area contributed by atoms with Crippen LogP contribution in [0.15, 0.2) is 4.99 Å². The lowest BCUT2D eigenvalue weighted by Gasteiger charge is -2.13. The number of hydrogen-bond acceptors (Lipinski definition) is 7. The Bertz CT molecular complexity index is 472. The number of aliphatic imine (C=N–C) groups is 1. The number of carbonyl (C=O) groups is 2. The summed E-state index contributed by atoms with van der Waals surface area (Å²) in [6, 6.07) is 0. The lowest BCUT2D eigenvalue weighted by atomic mass is 10.1. The molecule has 0 aliphatic carbocycles. The number of halogens is 3. The standard InChI is InChI=1S/C11H16F3N3O6/c12-11(13,14)10(22)17-2-4(8(15)21)1-16-9-7(20)6(19)5(3-18)23-9/h1,4-7,9,18-20H,2-3H2,(H2,15,21)(H,17,22). The van der Waals surface area contributed by atoms with Crippen LogP contribution in [0.2, 0.25) is 0 Å². The molecule has 0 aromatic heterocycles. The molecule has 1 rings (SSSR count). The van der Waals surface area contributed by atoms with E-state index in [1.165, 1.54) is 5.32 Å². The average Bonchev–Trinajstić information content (AvgIpc) is 2.73. The maximum Gasteiger partial charge on any atom is 0.471 e. The Labute approximate surface area is 127 Å². The number of primary amides is 1. The monoisotopic (exact) mass is 343 g/mol. The second-order valence-electron chi connectivity index (χ2n) is 4.74.